The van der Waals surface area contributed by atoms with Gasteiger partial charge in [0.05, 0.1) is 16.5 Å². The molecule has 0 unspecified atom stereocenters. The van der Waals surface area contributed by atoms with Crippen LogP contribution < -0.4 is 10.0 Å². The minimum atomic E-state index is -3.53. The molecule has 1 aliphatic rings. The number of sulfonamides is 1. The zero-order chi connectivity index (χ0) is 16.7. The van der Waals surface area contributed by atoms with E-state index in [4.69, 9.17) is 5.26 Å². The van der Waals surface area contributed by atoms with Crippen molar-refractivity contribution in [2.45, 2.75) is 56.4 Å². The minimum absolute atomic E-state index is 0.242. The van der Waals surface area contributed by atoms with Crippen LogP contribution in [0.5, 0.6) is 0 Å². The standard InChI is InChI=1S/C17H25N3O2S/c1-14-12-15(13-18)8-9-17(14)23(21,22)20-11-10-19-16-6-4-2-3-5-7-16/h8-9,12,16,19-20H,2-7,10-11H2,1H3. The van der Waals surface area contributed by atoms with Gasteiger partial charge in [0, 0.05) is 19.1 Å². The molecule has 126 valence electrons. The first kappa shape index (κ1) is 17.9. The summed E-state index contributed by atoms with van der Waals surface area (Å²) >= 11 is 0. The normalized spacial score (nSPS) is 16.7. The molecule has 0 radical (unpaired) electrons. The van der Waals surface area contributed by atoms with Gasteiger partial charge >= 0.3 is 0 Å². The highest BCUT2D eigenvalue weighted by molar-refractivity contribution is 7.89. The third-order valence-electron chi connectivity index (χ3n) is 4.30. The van der Waals surface area contributed by atoms with Crippen LogP contribution in [0.3, 0.4) is 0 Å². The summed E-state index contributed by atoms with van der Waals surface area (Å²) in [5.41, 5.74) is 1.06. The molecule has 0 atom stereocenters. The van der Waals surface area contributed by atoms with Crippen molar-refractivity contribution >= 4 is 10.0 Å². The van der Waals surface area contributed by atoms with E-state index in [1.54, 1.807) is 13.0 Å². The summed E-state index contributed by atoms with van der Waals surface area (Å²) < 4.78 is 27.3. The maximum Gasteiger partial charge on any atom is 0.240 e. The molecule has 1 aromatic carbocycles. The summed E-state index contributed by atoms with van der Waals surface area (Å²) in [7, 11) is -3.53. The molecule has 0 saturated heterocycles. The Hall–Kier alpha value is -1.42. The minimum Gasteiger partial charge on any atom is -0.313 e. The largest absolute Gasteiger partial charge is 0.313 e. The molecule has 2 N–H and O–H groups in total. The van der Waals surface area contributed by atoms with E-state index in [0.717, 1.165) is 0 Å². The summed E-state index contributed by atoms with van der Waals surface area (Å²) in [5.74, 6) is 0. The Labute approximate surface area is 139 Å². The molecular weight excluding hydrogens is 310 g/mol. The van der Waals surface area contributed by atoms with Crippen molar-refractivity contribution in [3.05, 3.63) is 29.3 Å². The van der Waals surface area contributed by atoms with E-state index in [1.165, 1.54) is 50.7 Å². The van der Waals surface area contributed by atoms with Gasteiger partial charge in [-0.3, -0.25) is 0 Å². The summed E-state index contributed by atoms with van der Waals surface area (Å²) in [6.45, 7) is 2.72. The Kier molecular flexibility index (Phi) is 6.58. The summed E-state index contributed by atoms with van der Waals surface area (Å²) in [5, 5.41) is 12.3. The number of benzene rings is 1. The molecule has 1 aromatic rings. The number of rotatable bonds is 6. The maximum absolute atomic E-state index is 12.3. The van der Waals surface area contributed by atoms with Crippen LogP contribution in [0.15, 0.2) is 23.1 Å². The fraction of sp³-hybridized carbons (Fsp3) is 0.588. The molecule has 0 bridgehead atoms. The van der Waals surface area contributed by atoms with Crippen molar-refractivity contribution in [1.82, 2.24) is 10.0 Å². The highest BCUT2D eigenvalue weighted by atomic mass is 32.2. The Morgan fingerprint density at radius 2 is 1.87 bits per heavy atom. The molecule has 5 nitrogen and oxygen atoms in total. The van der Waals surface area contributed by atoms with Crippen LogP contribution in [0.25, 0.3) is 0 Å². The molecule has 23 heavy (non-hydrogen) atoms. The number of nitriles is 1. The summed E-state index contributed by atoms with van der Waals surface area (Å²) in [4.78, 5) is 0.242. The molecule has 2 rings (SSSR count). The van der Waals surface area contributed by atoms with Crippen molar-refractivity contribution in [2.75, 3.05) is 13.1 Å². The lowest BCUT2D eigenvalue weighted by atomic mass is 10.1. The second kappa shape index (κ2) is 8.44. The first-order chi connectivity index (χ1) is 11.0. The van der Waals surface area contributed by atoms with Crippen LogP contribution in [-0.2, 0) is 10.0 Å². The van der Waals surface area contributed by atoms with Crippen molar-refractivity contribution in [3.63, 3.8) is 0 Å². The number of nitrogens with one attached hydrogen (secondary N) is 2. The summed E-state index contributed by atoms with van der Waals surface area (Å²) in [6.07, 6.45) is 7.50. The molecule has 1 fully saturated rings. The number of aryl methyl sites for hydroxylation is 1. The average Bonchev–Trinajstić information content (AvgIpc) is 2.80. The first-order valence-electron chi connectivity index (χ1n) is 8.27. The van der Waals surface area contributed by atoms with Crippen LogP contribution in [0, 0.1) is 18.3 Å². The lowest BCUT2D eigenvalue weighted by Crippen LogP contribution is -2.37. The number of hydrogen-bond acceptors (Lipinski definition) is 4. The fourth-order valence-electron chi connectivity index (χ4n) is 3.04. The molecule has 0 heterocycles. The van der Waals surface area contributed by atoms with Gasteiger partial charge in [0.15, 0.2) is 0 Å². The van der Waals surface area contributed by atoms with Crippen molar-refractivity contribution in [2.24, 2.45) is 0 Å². The molecular formula is C17H25N3O2S. The molecule has 6 heteroatoms. The first-order valence-corrected chi connectivity index (χ1v) is 9.75. The zero-order valence-corrected chi connectivity index (χ0v) is 14.5. The average molecular weight is 335 g/mol. The van der Waals surface area contributed by atoms with Crippen LogP contribution in [0.1, 0.15) is 49.7 Å². The fourth-order valence-corrected chi connectivity index (χ4v) is 4.30. The maximum atomic E-state index is 12.3. The quantitative estimate of drug-likeness (QED) is 0.618. The van der Waals surface area contributed by atoms with E-state index in [0.29, 0.717) is 30.3 Å². The van der Waals surface area contributed by atoms with Gasteiger partial charge < -0.3 is 5.32 Å². The number of nitrogens with zero attached hydrogens (tertiary/aromatic N) is 1. The van der Waals surface area contributed by atoms with E-state index in [-0.39, 0.29) is 4.90 Å². The Morgan fingerprint density at radius 3 is 2.48 bits per heavy atom. The second-order valence-corrected chi connectivity index (χ2v) is 7.87. The molecule has 0 aromatic heterocycles. The van der Waals surface area contributed by atoms with E-state index in [9.17, 15) is 8.42 Å². The summed E-state index contributed by atoms with van der Waals surface area (Å²) in [6, 6.07) is 7.15. The van der Waals surface area contributed by atoms with Crippen molar-refractivity contribution < 1.29 is 8.42 Å². The molecule has 1 aliphatic carbocycles. The second-order valence-electron chi connectivity index (χ2n) is 6.13. The van der Waals surface area contributed by atoms with Crippen LogP contribution in [-0.4, -0.2) is 27.5 Å². The lowest BCUT2D eigenvalue weighted by molar-refractivity contribution is 0.461. The molecule has 0 spiro atoms. The van der Waals surface area contributed by atoms with Gasteiger partial charge in [-0.25, -0.2) is 13.1 Å². The van der Waals surface area contributed by atoms with Crippen molar-refractivity contribution in [1.29, 1.82) is 5.26 Å². The predicted molar refractivity (Wildman–Crippen MR) is 90.6 cm³/mol. The van der Waals surface area contributed by atoms with E-state index < -0.39 is 10.0 Å². The van der Waals surface area contributed by atoms with E-state index in [2.05, 4.69) is 10.0 Å². The van der Waals surface area contributed by atoms with E-state index >= 15 is 0 Å². The smallest absolute Gasteiger partial charge is 0.240 e. The van der Waals surface area contributed by atoms with Gasteiger partial charge in [0.1, 0.15) is 0 Å². The highest BCUT2D eigenvalue weighted by Crippen LogP contribution is 2.17. The molecule has 1 saturated carbocycles. The predicted octanol–water partition coefficient (Wildman–Crippen LogP) is 2.46. The van der Waals surface area contributed by atoms with Gasteiger partial charge in [-0.05, 0) is 43.5 Å². The Morgan fingerprint density at radius 1 is 1.17 bits per heavy atom. The van der Waals surface area contributed by atoms with Crippen molar-refractivity contribution in [3.8, 4) is 6.07 Å². The SMILES string of the molecule is Cc1cc(C#N)ccc1S(=O)(=O)NCCNC1CCCCCC1. The topological polar surface area (TPSA) is 82.0 Å². The van der Waals surface area contributed by atoms with Crippen LogP contribution in [0.2, 0.25) is 0 Å². The molecule has 0 aliphatic heterocycles. The highest BCUT2D eigenvalue weighted by Gasteiger charge is 2.17. The van der Waals surface area contributed by atoms with Crippen LogP contribution in [0.4, 0.5) is 0 Å². The van der Waals surface area contributed by atoms with Crippen LogP contribution >= 0.6 is 0 Å². The van der Waals surface area contributed by atoms with Gasteiger partial charge in [0.25, 0.3) is 0 Å². The zero-order valence-electron chi connectivity index (χ0n) is 13.6. The third kappa shape index (κ3) is 5.31. The van der Waals surface area contributed by atoms with E-state index in [1.807, 2.05) is 6.07 Å². The Balaban J connectivity index is 1.85. The van der Waals surface area contributed by atoms with Gasteiger partial charge in [0.2, 0.25) is 10.0 Å². The molecule has 0 amide bonds. The van der Waals surface area contributed by atoms with Gasteiger partial charge in [-0.2, -0.15) is 5.26 Å². The number of hydrogen-bond donors (Lipinski definition) is 2. The lowest BCUT2D eigenvalue weighted by Gasteiger charge is -2.16. The third-order valence-corrected chi connectivity index (χ3v) is 5.92. The van der Waals surface area contributed by atoms with Gasteiger partial charge in [-0.15, -0.1) is 0 Å². The Bertz CT molecular complexity index is 657. The van der Waals surface area contributed by atoms with Gasteiger partial charge in [-0.1, -0.05) is 25.7 Å². The monoisotopic (exact) mass is 335 g/mol.